The summed E-state index contributed by atoms with van der Waals surface area (Å²) in [5.74, 6) is 0.0698. The van der Waals surface area contributed by atoms with Crippen molar-refractivity contribution in [2.24, 2.45) is 5.92 Å². The van der Waals surface area contributed by atoms with Gasteiger partial charge in [0.25, 0.3) is 0 Å². The Morgan fingerprint density at radius 2 is 1.70 bits per heavy atom. The van der Waals surface area contributed by atoms with E-state index in [-0.39, 0.29) is 23.6 Å². The summed E-state index contributed by atoms with van der Waals surface area (Å²) in [6.07, 6.45) is 1.13. The highest BCUT2D eigenvalue weighted by molar-refractivity contribution is 5.89. The SMILES string of the molecule is CCN(CC)C(=O)CN1CCN(C(=O)C2CC(=O)N(CCc3ccccc3)C2)CC1. The summed E-state index contributed by atoms with van der Waals surface area (Å²) in [5, 5.41) is 0. The molecular weight excluding hydrogens is 380 g/mol. The predicted molar refractivity (Wildman–Crippen MR) is 116 cm³/mol. The highest BCUT2D eigenvalue weighted by Crippen LogP contribution is 2.21. The normalized spacial score (nSPS) is 19.9. The summed E-state index contributed by atoms with van der Waals surface area (Å²) in [7, 11) is 0. The lowest BCUT2D eigenvalue weighted by atomic mass is 10.1. The van der Waals surface area contributed by atoms with Crippen LogP contribution in [-0.4, -0.2) is 96.2 Å². The van der Waals surface area contributed by atoms with E-state index in [1.807, 2.05) is 46.7 Å². The smallest absolute Gasteiger partial charge is 0.236 e. The molecule has 2 saturated heterocycles. The van der Waals surface area contributed by atoms with Gasteiger partial charge in [-0.05, 0) is 25.8 Å². The van der Waals surface area contributed by atoms with Gasteiger partial charge in [0.05, 0.1) is 12.5 Å². The maximum absolute atomic E-state index is 12.9. The first-order chi connectivity index (χ1) is 14.5. The van der Waals surface area contributed by atoms with Crippen LogP contribution in [0.25, 0.3) is 0 Å². The number of hydrogen-bond donors (Lipinski definition) is 0. The quantitative estimate of drug-likeness (QED) is 0.639. The highest BCUT2D eigenvalue weighted by Gasteiger charge is 2.37. The second-order valence-corrected chi connectivity index (χ2v) is 8.14. The van der Waals surface area contributed by atoms with Gasteiger partial charge in [-0.2, -0.15) is 0 Å². The first kappa shape index (κ1) is 22.3. The third-order valence-corrected chi connectivity index (χ3v) is 6.24. The predicted octanol–water partition coefficient (Wildman–Crippen LogP) is 1.09. The standard InChI is InChI=1S/C23H34N4O3/c1-3-25(4-2)22(29)18-24-12-14-26(15-13-24)23(30)20-16-21(28)27(17-20)11-10-19-8-6-5-7-9-19/h5-9,20H,3-4,10-18H2,1-2H3. The number of likely N-dealkylation sites (N-methyl/N-ethyl adjacent to an activating group) is 1. The molecule has 0 aliphatic carbocycles. The lowest BCUT2D eigenvalue weighted by Crippen LogP contribution is -2.52. The highest BCUT2D eigenvalue weighted by atomic mass is 16.2. The fourth-order valence-electron chi connectivity index (χ4n) is 4.31. The van der Waals surface area contributed by atoms with Crippen LogP contribution in [0.1, 0.15) is 25.8 Å². The van der Waals surface area contributed by atoms with E-state index in [9.17, 15) is 14.4 Å². The van der Waals surface area contributed by atoms with Gasteiger partial charge in [0.2, 0.25) is 17.7 Å². The molecule has 2 fully saturated rings. The minimum Gasteiger partial charge on any atom is -0.342 e. The van der Waals surface area contributed by atoms with Gasteiger partial charge in [0, 0.05) is 58.8 Å². The van der Waals surface area contributed by atoms with Crippen LogP contribution in [0.15, 0.2) is 30.3 Å². The van der Waals surface area contributed by atoms with Gasteiger partial charge in [0.1, 0.15) is 0 Å². The lowest BCUT2D eigenvalue weighted by molar-refractivity contribution is -0.138. The Balaban J connectivity index is 1.44. The summed E-state index contributed by atoms with van der Waals surface area (Å²) in [6.45, 7) is 9.69. The van der Waals surface area contributed by atoms with E-state index in [1.54, 1.807) is 0 Å². The number of nitrogens with zero attached hydrogens (tertiary/aromatic N) is 4. The number of carbonyl (C=O) groups is 3. The van der Waals surface area contributed by atoms with Crippen molar-refractivity contribution in [2.75, 3.05) is 58.9 Å². The van der Waals surface area contributed by atoms with Crippen molar-refractivity contribution in [3.63, 3.8) is 0 Å². The largest absolute Gasteiger partial charge is 0.342 e. The molecule has 7 nitrogen and oxygen atoms in total. The van der Waals surface area contributed by atoms with Gasteiger partial charge in [-0.1, -0.05) is 30.3 Å². The summed E-state index contributed by atoms with van der Waals surface area (Å²) in [5.41, 5.74) is 1.20. The van der Waals surface area contributed by atoms with Gasteiger partial charge in [-0.15, -0.1) is 0 Å². The second-order valence-electron chi connectivity index (χ2n) is 8.14. The van der Waals surface area contributed by atoms with Crippen molar-refractivity contribution >= 4 is 17.7 Å². The average Bonchev–Trinajstić information content (AvgIpc) is 3.14. The van der Waals surface area contributed by atoms with Crippen LogP contribution in [0.5, 0.6) is 0 Å². The molecule has 3 rings (SSSR count). The maximum Gasteiger partial charge on any atom is 0.236 e. The molecule has 164 valence electrons. The lowest BCUT2D eigenvalue weighted by Gasteiger charge is -2.36. The summed E-state index contributed by atoms with van der Waals surface area (Å²) in [6, 6.07) is 10.1. The van der Waals surface area contributed by atoms with E-state index in [4.69, 9.17) is 0 Å². The Bertz CT molecular complexity index is 727. The van der Waals surface area contributed by atoms with Gasteiger partial charge >= 0.3 is 0 Å². The third-order valence-electron chi connectivity index (χ3n) is 6.24. The Morgan fingerprint density at radius 1 is 1.03 bits per heavy atom. The number of benzene rings is 1. The zero-order valence-electron chi connectivity index (χ0n) is 18.3. The Morgan fingerprint density at radius 3 is 2.33 bits per heavy atom. The number of piperazine rings is 1. The van der Waals surface area contributed by atoms with Gasteiger partial charge in [-0.3, -0.25) is 19.3 Å². The molecule has 0 aromatic heterocycles. The van der Waals surface area contributed by atoms with E-state index < -0.39 is 0 Å². The second kappa shape index (κ2) is 10.6. The molecule has 0 radical (unpaired) electrons. The number of likely N-dealkylation sites (tertiary alicyclic amines) is 1. The minimum atomic E-state index is -0.239. The summed E-state index contributed by atoms with van der Waals surface area (Å²) < 4.78 is 0. The van der Waals surface area contributed by atoms with E-state index in [1.165, 1.54) is 5.56 Å². The molecule has 0 saturated carbocycles. The first-order valence-electron chi connectivity index (χ1n) is 11.1. The van der Waals surface area contributed by atoms with Gasteiger partial charge in [-0.25, -0.2) is 0 Å². The Labute approximate surface area is 179 Å². The average molecular weight is 415 g/mol. The summed E-state index contributed by atoms with van der Waals surface area (Å²) >= 11 is 0. The number of hydrogen-bond acceptors (Lipinski definition) is 4. The van der Waals surface area contributed by atoms with Crippen LogP contribution in [-0.2, 0) is 20.8 Å². The van der Waals surface area contributed by atoms with Crippen molar-refractivity contribution in [1.82, 2.24) is 19.6 Å². The molecule has 0 spiro atoms. The molecular formula is C23H34N4O3. The molecule has 1 atom stereocenters. The van der Waals surface area contributed by atoms with E-state index in [2.05, 4.69) is 17.0 Å². The molecule has 3 amide bonds. The molecule has 0 N–H and O–H groups in total. The molecule has 2 heterocycles. The van der Waals surface area contributed by atoms with Gasteiger partial charge < -0.3 is 14.7 Å². The monoisotopic (exact) mass is 414 g/mol. The van der Waals surface area contributed by atoms with Crippen LogP contribution >= 0.6 is 0 Å². The third kappa shape index (κ3) is 5.59. The van der Waals surface area contributed by atoms with E-state index in [0.29, 0.717) is 52.2 Å². The molecule has 0 bridgehead atoms. The Kier molecular flexibility index (Phi) is 7.85. The molecule has 2 aliphatic rings. The maximum atomic E-state index is 12.9. The molecule has 1 unspecified atom stereocenters. The van der Waals surface area contributed by atoms with Crippen LogP contribution < -0.4 is 0 Å². The van der Waals surface area contributed by atoms with E-state index >= 15 is 0 Å². The number of rotatable bonds is 8. The van der Waals surface area contributed by atoms with Gasteiger partial charge in [0.15, 0.2) is 0 Å². The Hall–Kier alpha value is -2.41. The topological polar surface area (TPSA) is 64.2 Å². The van der Waals surface area contributed by atoms with Crippen LogP contribution in [0.4, 0.5) is 0 Å². The van der Waals surface area contributed by atoms with Crippen molar-refractivity contribution in [3.05, 3.63) is 35.9 Å². The van der Waals surface area contributed by atoms with Crippen molar-refractivity contribution in [2.45, 2.75) is 26.7 Å². The minimum absolute atomic E-state index is 0.0766. The first-order valence-corrected chi connectivity index (χ1v) is 11.1. The molecule has 2 aliphatic heterocycles. The zero-order chi connectivity index (χ0) is 21.5. The molecule has 1 aromatic carbocycles. The zero-order valence-corrected chi connectivity index (χ0v) is 18.3. The van der Waals surface area contributed by atoms with Crippen LogP contribution in [0, 0.1) is 5.92 Å². The van der Waals surface area contributed by atoms with Crippen molar-refractivity contribution in [1.29, 1.82) is 0 Å². The van der Waals surface area contributed by atoms with E-state index in [0.717, 1.165) is 19.5 Å². The summed E-state index contributed by atoms with van der Waals surface area (Å²) in [4.78, 5) is 45.3. The fraction of sp³-hybridized carbons (Fsp3) is 0.609. The van der Waals surface area contributed by atoms with Crippen LogP contribution in [0.3, 0.4) is 0 Å². The molecule has 1 aromatic rings. The fourth-order valence-corrected chi connectivity index (χ4v) is 4.31. The number of carbonyl (C=O) groups excluding carboxylic acids is 3. The van der Waals surface area contributed by atoms with Crippen molar-refractivity contribution in [3.8, 4) is 0 Å². The molecule has 30 heavy (non-hydrogen) atoms. The van der Waals surface area contributed by atoms with Crippen molar-refractivity contribution < 1.29 is 14.4 Å². The van der Waals surface area contributed by atoms with Crippen LogP contribution in [0.2, 0.25) is 0 Å². The number of amides is 3. The molecule has 7 heteroatoms.